The molecule has 0 saturated carbocycles. The van der Waals surface area contributed by atoms with Gasteiger partial charge in [-0.15, -0.1) is 0 Å². The SMILES string of the molecule is O=C(N[C@@H](Cc1ccccc1)[C@@H]1C[C@@H](CCCO)C(=O)O1)OCc1ccccc1. The van der Waals surface area contributed by atoms with Gasteiger partial charge in [-0.2, -0.15) is 0 Å². The monoisotopic (exact) mass is 397 g/mol. The highest BCUT2D eigenvalue weighted by molar-refractivity contribution is 5.75. The Morgan fingerprint density at radius 2 is 1.76 bits per heavy atom. The van der Waals surface area contributed by atoms with Crippen LogP contribution in [-0.4, -0.2) is 35.9 Å². The third-order valence-corrected chi connectivity index (χ3v) is 5.09. The average molecular weight is 397 g/mol. The lowest BCUT2D eigenvalue weighted by Gasteiger charge is -2.23. The summed E-state index contributed by atoms with van der Waals surface area (Å²) in [6, 6.07) is 18.8. The molecule has 3 atom stereocenters. The molecule has 1 saturated heterocycles. The van der Waals surface area contributed by atoms with Gasteiger partial charge in [-0.1, -0.05) is 60.7 Å². The molecule has 1 fully saturated rings. The molecule has 1 heterocycles. The molecular formula is C23H27NO5. The van der Waals surface area contributed by atoms with Crippen molar-refractivity contribution in [3.8, 4) is 0 Å². The third-order valence-electron chi connectivity index (χ3n) is 5.09. The Morgan fingerprint density at radius 1 is 1.10 bits per heavy atom. The van der Waals surface area contributed by atoms with E-state index in [0.29, 0.717) is 25.7 Å². The van der Waals surface area contributed by atoms with E-state index < -0.39 is 12.2 Å². The number of ether oxygens (including phenoxy) is 2. The smallest absolute Gasteiger partial charge is 0.407 e. The van der Waals surface area contributed by atoms with Crippen molar-refractivity contribution in [1.82, 2.24) is 5.32 Å². The molecule has 0 radical (unpaired) electrons. The minimum Gasteiger partial charge on any atom is -0.460 e. The van der Waals surface area contributed by atoms with E-state index >= 15 is 0 Å². The summed E-state index contributed by atoms with van der Waals surface area (Å²) >= 11 is 0. The zero-order valence-electron chi connectivity index (χ0n) is 16.3. The Hall–Kier alpha value is -2.86. The molecule has 0 unspecified atom stereocenters. The number of rotatable bonds is 9. The summed E-state index contributed by atoms with van der Waals surface area (Å²) in [4.78, 5) is 24.6. The predicted octanol–water partition coefficient (Wildman–Crippen LogP) is 3.23. The van der Waals surface area contributed by atoms with Crippen molar-refractivity contribution >= 4 is 12.1 Å². The Morgan fingerprint density at radius 3 is 2.41 bits per heavy atom. The van der Waals surface area contributed by atoms with Crippen LogP contribution in [0.25, 0.3) is 0 Å². The summed E-state index contributed by atoms with van der Waals surface area (Å²) in [7, 11) is 0. The average Bonchev–Trinajstić information content (AvgIpc) is 3.12. The van der Waals surface area contributed by atoms with Gasteiger partial charge in [0.2, 0.25) is 0 Å². The van der Waals surface area contributed by atoms with Crippen molar-refractivity contribution in [3.05, 3.63) is 71.8 Å². The van der Waals surface area contributed by atoms with Gasteiger partial charge in [-0.25, -0.2) is 4.79 Å². The molecule has 6 nitrogen and oxygen atoms in total. The number of benzene rings is 2. The topological polar surface area (TPSA) is 84.9 Å². The maximum Gasteiger partial charge on any atom is 0.407 e. The second-order valence-corrected chi connectivity index (χ2v) is 7.28. The lowest BCUT2D eigenvalue weighted by molar-refractivity contribution is -0.145. The summed E-state index contributed by atoms with van der Waals surface area (Å²) in [6.07, 6.45) is 1.24. The van der Waals surface area contributed by atoms with E-state index in [4.69, 9.17) is 14.6 Å². The second kappa shape index (κ2) is 10.6. The number of carbonyl (C=O) groups excluding carboxylic acids is 2. The van der Waals surface area contributed by atoms with Crippen LogP contribution in [0.2, 0.25) is 0 Å². The van der Waals surface area contributed by atoms with Crippen LogP contribution in [0.15, 0.2) is 60.7 Å². The molecule has 1 aliphatic rings. The van der Waals surface area contributed by atoms with Crippen LogP contribution in [0, 0.1) is 5.92 Å². The number of hydrogen-bond donors (Lipinski definition) is 2. The van der Waals surface area contributed by atoms with E-state index in [1.165, 1.54) is 0 Å². The van der Waals surface area contributed by atoms with Crippen LogP contribution >= 0.6 is 0 Å². The standard InChI is InChI=1S/C23H27NO5/c25-13-7-12-19-15-21(29-22(19)26)20(14-17-8-3-1-4-9-17)24-23(27)28-16-18-10-5-2-6-11-18/h1-6,8-11,19-21,25H,7,12-16H2,(H,24,27)/t19-,20+,21+/m1/s1. The Labute approximate surface area is 170 Å². The number of amides is 1. The number of alkyl carbamates (subject to hydrolysis) is 1. The Bertz CT molecular complexity index is 780. The zero-order chi connectivity index (χ0) is 20.5. The first kappa shape index (κ1) is 20.9. The number of esters is 1. The van der Waals surface area contributed by atoms with Crippen molar-refractivity contribution < 1.29 is 24.2 Å². The predicted molar refractivity (Wildman–Crippen MR) is 108 cm³/mol. The molecule has 3 rings (SSSR count). The lowest BCUT2D eigenvalue weighted by Crippen LogP contribution is -2.45. The fourth-order valence-corrected chi connectivity index (χ4v) is 3.55. The summed E-state index contributed by atoms with van der Waals surface area (Å²) in [6.45, 7) is 0.222. The number of aliphatic hydroxyl groups is 1. The van der Waals surface area contributed by atoms with Gasteiger partial charge in [0.1, 0.15) is 12.7 Å². The maximum absolute atomic E-state index is 12.4. The van der Waals surface area contributed by atoms with E-state index in [-0.39, 0.29) is 31.1 Å². The van der Waals surface area contributed by atoms with Crippen LogP contribution < -0.4 is 5.32 Å². The quantitative estimate of drug-likeness (QED) is 0.635. The number of cyclic esters (lactones) is 1. The van der Waals surface area contributed by atoms with Gasteiger partial charge in [0.25, 0.3) is 0 Å². The molecule has 1 aliphatic heterocycles. The fraction of sp³-hybridized carbons (Fsp3) is 0.391. The normalized spacial score (nSPS) is 19.4. The first-order valence-corrected chi connectivity index (χ1v) is 9.98. The summed E-state index contributed by atoms with van der Waals surface area (Å²) in [5.74, 6) is -0.506. The van der Waals surface area contributed by atoms with Crippen LogP contribution in [0.4, 0.5) is 4.79 Å². The number of aliphatic hydroxyl groups excluding tert-OH is 1. The molecule has 29 heavy (non-hydrogen) atoms. The second-order valence-electron chi connectivity index (χ2n) is 7.28. The number of hydrogen-bond acceptors (Lipinski definition) is 5. The highest BCUT2D eigenvalue weighted by Crippen LogP contribution is 2.28. The van der Waals surface area contributed by atoms with Gasteiger partial charge >= 0.3 is 12.1 Å². The molecule has 0 aromatic heterocycles. The molecule has 2 N–H and O–H groups in total. The largest absolute Gasteiger partial charge is 0.460 e. The van der Waals surface area contributed by atoms with Gasteiger partial charge in [-0.05, 0) is 36.8 Å². The van der Waals surface area contributed by atoms with Crippen LogP contribution in [-0.2, 0) is 27.3 Å². The Kier molecular flexibility index (Phi) is 7.64. The van der Waals surface area contributed by atoms with E-state index in [1.807, 2.05) is 60.7 Å². The minimum absolute atomic E-state index is 0.0476. The van der Waals surface area contributed by atoms with E-state index in [2.05, 4.69) is 5.32 Å². The molecule has 154 valence electrons. The van der Waals surface area contributed by atoms with E-state index in [9.17, 15) is 9.59 Å². The van der Waals surface area contributed by atoms with Crippen molar-refractivity contribution in [1.29, 1.82) is 0 Å². The lowest BCUT2D eigenvalue weighted by atomic mass is 9.93. The van der Waals surface area contributed by atoms with Crippen molar-refractivity contribution in [2.45, 2.75) is 44.4 Å². The first-order chi connectivity index (χ1) is 14.2. The number of carbonyl (C=O) groups is 2. The molecule has 0 aliphatic carbocycles. The van der Waals surface area contributed by atoms with Gasteiger partial charge in [0.15, 0.2) is 0 Å². The summed E-state index contributed by atoms with van der Waals surface area (Å²) < 4.78 is 10.9. The van der Waals surface area contributed by atoms with Crippen LogP contribution in [0.3, 0.4) is 0 Å². The molecular weight excluding hydrogens is 370 g/mol. The molecule has 2 aromatic rings. The van der Waals surface area contributed by atoms with Crippen molar-refractivity contribution in [3.63, 3.8) is 0 Å². The van der Waals surface area contributed by atoms with Gasteiger partial charge < -0.3 is 19.9 Å². The maximum atomic E-state index is 12.4. The third kappa shape index (κ3) is 6.32. The van der Waals surface area contributed by atoms with Crippen molar-refractivity contribution in [2.24, 2.45) is 5.92 Å². The number of nitrogens with one attached hydrogen (secondary N) is 1. The van der Waals surface area contributed by atoms with Crippen molar-refractivity contribution in [2.75, 3.05) is 6.61 Å². The van der Waals surface area contributed by atoms with Crippen LogP contribution in [0.5, 0.6) is 0 Å². The molecule has 0 bridgehead atoms. The molecule has 0 spiro atoms. The molecule has 6 heteroatoms. The Balaban J connectivity index is 1.63. The van der Waals surface area contributed by atoms with Gasteiger partial charge in [0.05, 0.1) is 12.0 Å². The van der Waals surface area contributed by atoms with Gasteiger partial charge in [0, 0.05) is 6.61 Å². The van der Waals surface area contributed by atoms with Crippen LogP contribution in [0.1, 0.15) is 30.4 Å². The van der Waals surface area contributed by atoms with E-state index in [1.54, 1.807) is 0 Å². The zero-order valence-corrected chi connectivity index (χ0v) is 16.3. The fourth-order valence-electron chi connectivity index (χ4n) is 3.55. The molecule has 1 amide bonds. The minimum atomic E-state index is -0.537. The highest BCUT2D eigenvalue weighted by atomic mass is 16.6. The summed E-state index contributed by atoms with van der Waals surface area (Å²) in [5, 5.41) is 11.9. The molecule has 2 aromatic carbocycles. The van der Waals surface area contributed by atoms with Gasteiger partial charge in [-0.3, -0.25) is 4.79 Å². The van der Waals surface area contributed by atoms with E-state index in [0.717, 1.165) is 11.1 Å². The first-order valence-electron chi connectivity index (χ1n) is 9.98. The summed E-state index contributed by atoms with van der Waals surface area (Å²) in [5.41, 5.74) is 1.94. The highest BCUT2D eigenvalue weighted by Gasteiger charge is 2.39.